The molecule has 188 valence electrons. The molecule has 2 atom stereocenters. The van der Waals surface area contributed by atoms with Gasteiger partial charge >= 0.3 is 0 Å². The first-order valence-electron chi connectivity index (χ1n) is 13.3. The highest BCUT2D eigenvalue weighted by Crippen LogP contribution is 2.36. The number of rotatable bonds is 24. The van der Waals surface area contributed by atoms with Crippen molar-refractivity contribution in [2.45, 2.75) is 129 Å². The second-order valence-corrected chi connectivity index (χ2v) is 20.9. The Balaban J connectivity index is 3.95. The lowest BCUT2D eigenvalue weighted by Crippen LogP contribution is -2.32. The van der Waals surface area contributed by atoms with Crippen LogP contribution in [0.2, 0.25) is 24.2 Å². The zero-order chi connectivity index (χ0) is 23.2. The second-order valence-electron chi connectivity index (χ2n) is 8.68. The molecule has 0 aliphatic heterocycles. The van der Waals surface area contributed by atoms with Crippen molar-refractivity contribution in [3.8, 4) is 0 Å². The Morgan fingerprint density at radius 3 is 1.29 bits per heavy atom. The Morgan fingerprint density at radius 2 is 0.968 bits per heavy atom. The van der Waals surface area contributed by atoms with Crippen molar-refractivity contribution in [3.63, 3.8) is 0 Å². The summed E-state index contributed by atoms with van der Waals surface area (Å²) in [5.74, 6) is 2.53. The third kappa shape index (κ3) is 17.5. The van der Waals surface area contributed by atoms with E-state index < -0.39 is 17.6 Å². The molecule has 0 rings (SSSR count). The van der Waals surface area contributed by atoms with Crippen LogP contribution in [0.25, 0.3) is 0 Å². The lowest BCUT2D eigenvalue weighted by atomic mass is 10.3. The summed E-state index contributed by atoms with van der Waals surface area (Å²) in [5, 5.41) is 0. The van der Waals surface area contributed by atoms with Crippen LogP contribution in [-0.2, 0) is 9.47 Å². The predicted octanol–water partition coefficient (Wildman–Crippen LogP) is 8.56. The predicted molar refractivity (Wildman–Crippen MR) is 156 cm³/mol. The summed E-state index contributed by atoms with van der Waals surface area (Å²) in [6, 6.07) is 5.53. The molecular formula is C24H54O2S3Si2. The quantitative estimate of drug-likeness (QED) is 0.0710. The molecule has 2 unspecified atom stereocenters. The first kappa shape index (κ1) is 32.4. The van der Waals surface area contributed by atoms with Gasteiger partial charge in [0.15, 0.2) is 0 Å². The van der Waals surface area contributed by atoms with Crippen LogP contribution >= 0.6 is 31.4 Å². The molecule has 0 heterocycles. The van der Waals surface area contributed by atoms with Crippen LogP contribution in [-0.4, -0.2) is 53.8 Å². The summed E-state index contributed by atoms with van der Waals surface area (Å²) in [7, 11) is 4.71. The van der Waals surface area contributed by atoms with Crippen molar-refractivity contribution in [2.75, 3.05) is 24.7 Å². The zero-order valence-corrected chi connectivity index (χ0v) is 26.4. The van der Waals surface area contributed by atoms with Crippen molar-refractivity contribution in [3.05, 3.63) is 0 Å². The van der Waals surface area contributed by atoms with Gasteiger partial charge in [-0.2, -0.15) is 0 Å². The average molecular weight is 527 g/mol. The molecule has 31 heavy (non-hydrogen) atoms. The van der Waals surface area contributed by atoms with Gasteiger partial charge in [-0.15, -0.1) is 0 Å². The third-order valence-electron chi connectivity index (χ3n) is 6.34. The lowest BCUT2D eigenvalue weighted by molar-refractivity contribution is 0.0930. The molecule has 0 bridgehead atoms. The van der Waals surface area contributed by atoms with Crippen LogP contribution in [0.4, 0.5) is 0 Å². The van der Waals surface area contributed by atoms with Gasteiger partial charge in [0.05, 0.1) is 17.6 Å². The minimum Gasteiger partial charge on any atom is -0.382 e. The van der Waals surface area contributed by atoms with Gasteiger partial charge in [-0.25, -0.2) is 0 Å². The van der Waals surface area contributed by atoms with Crippen molar-refractivity contribution in [1.82, 2.24) is 0 Å². The van der Waals surface area contributed by atoms with Crippen LogP contribution < -0.4 is 0 Å². The van der Waals surface area contributed by atoms with Crippen molar-refractivity contribution < 1.29 is 9.47 Å². The summed E-state index contributed by atoms with van der Waals surface area (Å²) in [6.07, 6.45) is 10.1. The van der Waals surface area contributed by atoms with Crippen molar-refractivity contribution in [1.29, 1.82) is 0 Å². The molecule has 0 radical (unpaired) electrons. The van der Waals surface area contributed by atoms with E-state index in [0.717, 1.165) is 13.2 Å². The van der Waals surface area contributed by atoms with Gasteiger partial charge in [0, 0.05) is 36.2 Å². The summed E-state index contributed by atoms with van der Waals surface area (Å²) in [5.41, 5.74) is 1.22. The van der Waals surface area contributed by atoms with E-state index in [-0.39, 0.29) is 0 Å². The summed E-state index contributed by atoms with van der Waals surface area (Å²) >= 11 is 0. The van der Waals surface area contributed by atoms with E-state index >= 15 is 0 Å². The van der Waals surface area contributed by atoms with E-state index in [0.29, 0.717) is 11.5 Å². The Hall–Kier alpha value is 1.40. The molecular weight excluding hydrogens is 473 g/mol. The Morgan fingerprint density at radius 1 is 0.581 bits per heavy atom. The fraction of sp³-hybridized carbons (Fsp3) is 1.00. The van der Waals surface area contributed by atoms with Crippen LogP contribution in [0.5, 0.6) is 0 Å². The summed E-state index contributed by atoms with van der Waals surface area (Å²) < 4.78 is 12.6. The van der Waals surface area contributed by atoms with E-state index in [1.165, 1.54) is 87.0 Å². The number of ether oxygens (including phenoxy) is 2. The second kappa shape index (κ2) is 24.5. The van der Waals surface area contributed by atoms with Crippen molar-refractivity contribution in [2.24, 2.45) is 0 Å². The summed E-state index contributed by atoms with van der Waals surface area (Å²) in [4.78, 5) is 0. The van der Waals surface area contributed by atoms with Crippen LogP contribution in [0.3, 0.4) is 0 Å². The van der Waals surface area contributed by atoms with E-state index in [9.17, 15) is 0 Å². The molecule has 0 aliphatic rings. The van der Waals surface area contributed by atoms with Crippen LogP contribution in [0.15, 0.2) is 0 Å². The van der Waals surface area contributed by atoms with E-state index in [2.05, 4.69) is 63.1 Å². The smallest absolute Gasteiger partial charge is 0.0711 e. The topological polar surface area (TPSA) is 18.5 Å². The van der Waals surface area contributed by atoms with Crippen molar-refractivity contribution >= 4 is 49.0 Å². The lowest BCUT2D eigenvalue weighted by Gasteiger charge is -2.25. The summed E-state index contributed by atoms with van der Waals surface area (Å²) in [6.45, 7) is 16.0. The molecule has 0 spiro atoms. The largest absolute Gasteiger partial charge is 0.382 e. The minimum atomic E-state index is -0.711. The highest BCUT2D eigenvalue weighted by atomic mass is 33.5. The maximum Gasteiger partial charge on any atom is 0.0711 e. The van der Waals surface area contributed by atoms with Gasteiger partial charge in [0.2, 0.25) is 0 Å². The fourth-order valence-corrected chi connectivity index (χ4v) is 13.5. The molecule has 2 nitrogen and oxygen atoms in total. The Bertz CT molecular complexity index is 328. The molecule has 0 saturated heterocycles. The molecule has 0 fully saturated rings. The number of unbranched alkanes of at least 4 members (excludes halogenated alkanes) is 2. The highest BCUT2D eigenvalue weighted by molar-refractivity contribution is 9.09. The normalized spacial score (nSPS) is 13.9. The van der Waals surface area contributed by atoms with E-state index in [1.54, 1.807) is 0 Å². The molecule has 0 N–H and O–H groups in total. The molecule has 0 saturated carbocycles. The SMILES string of the molecule is CCCCOC(CCCSSSCCCC(OCCCC)[SiH](CC)CC)[SiH](CC)CC. The van der Waals surface area contributed by atoms with Gasteiger partial charge in [-0.05, 0) is 48.4 Å². The molecule has 0 aromatic carbocycles. The maximum atomic E-state index is 6.31. The molecule has 0 amide bonds. The number of hydrogen-bond donors (Lipinski definition) is 0. The molecule has 0 aliphatic carbocycles. The highest BCUT2D eigenvalue weighted by Gasteiger charge is 2.21. The number of hydrogen-bond acceptors (Lipinski definition) is 5. The minimum absolute atomic E-state index is 0.610. The van der Waals surface area contributed by atoms with E-state index in [1.807, 2.05) is 9.83 Å². The standard InChI is InChI=1S/C24H54O2S3Si2/c1-7-13-19-25-23(30(9-3)10-4)17-15-21-27-29-28-22-16-18-24(26-20-14-8-2)31(11-5)12-6/h23-24,30-31H,7-22H2,1-6H3. The van der Waals surface area contributed by atoms with Gasteiger partial charge in [0.1, 0.15) is 0 Å². The van der Waals surface area contributed by atoms with Gasteiger partial charge in [0.25, 0.3) is 0 Å². The zero-order valence-electron chi connectivity index (χ0n) is 21.7. The van der Waals surface area contributed by atoms with Gasteiger partial charge < -0.3 is 9.47 Å². The van der Waals surface area contributed by atoms with Gasteiger partial charge in [-0.1, -0.05) is 100 Å². The fourth-order valence-electron chi connectivity index (χ4n) is 4.09. The molecule has 0 aromatic rings. The monoisotopic (exact) mass is 526 g/mol. The van der Waals surface area contributed by atoms with E-state index in [4.69, 9.17) is 9.47 Å². The first-order chi connectivity index (χ1) is 15.2. The Kier molecular flexibility index (Phi) is 25.6. The third-order valence-corrected chi connectivity index (χ3v) is 18.1. The molecule has 0 aromatic heterocycles. The molecule has 7 heteroatoms. The van der Waals surface area contributed by atoms with Gasteiger partial charge in [-0.3, -0.25) is 0 Å². The van der Waals surface area contributed by atoms with Crippen LogP contribution in [0, 0.1) is 0 Å². The average Bonchev–Trinajstić information content (AvgIpc) is 2.78. The maximum absolute atomic E-state index is 6.31. The van der Waals surface area contributed by atoms with Crippen LogP contribution in [0.1, 0.15) is 92.9 Å². The Labute approximate surface area is 210 Å². The first-order valence-corrected chi connectivity index (χ1v) is 21.7.